The molecule has 0 aliphatic carbocycles. The second-order valence-electron chi connectivity index (χ2n) is 3.98. The Morgan fingerprint density at radius 3 is 2.90 bits per heavy atom. The van der Waals surface area contributed by atoms with Crippen LogP contribution in [0, 0.1) is 11.3 Å². The van der Waals surface area contributed by atoms with Gasteiger partial charge in [-0.25, -0.2) is 8.42 Å². The minimum Gasteiger partial charge on any atom is -0.358 e. The fraction of sp³-hybridized carbons (Fsp3) is 0. The zero-order valence-electron chi connectivity index (χ0n) is 9.99. The monoisotopic (exact) mass is 304 g/mol. The highest BCUT2D eigenvalue weighted by atomic mass is 32.2. The lowest BCUT2D eigenvalue weighted by atomic mass is 10.2. The molecule has 0 bridgehead atoms. The van der Waals surface area contributed by atoms with Gasteiger partial charge in [-0.3, -0.25) is 4.72 Å². The summed E-state index contributed by atoms with van der Waals surface area (Å²) in [6.07, 6.45) is 2.98. The summed E-state index contributed by atoms with van der Waals surface area (Å²) < 4.78 is 30.8. The van der Waals surface area contributed by atoms with Gasteiger partial charge in [0.25, 0.3) is 10.0 Å². The second kappa shape index (κ2) is 4.63. The van der Waals surface area contributed by atoms with Crippen molar-refractivity contribution in [3.63, 3.8) is 0 Å². The van der Waals surface area contributed by atoms with Crippen LogP contribution in [-0.4, -0.2) is 17.8 Å². The van der Waals surface area contributed by atoms with Crippen LogP contribution in [0.5, 0.6) is 0 Å². The molecule has 0 spiro atoms. The largest absolute Gasteiger partial charge is 0.358 e. The number of fused-ring (bicyclic) bond motifs is 1. The molecule has 6 nitrogen and oxygen atoms in total. The number of aromatic amines is 1. The van der Waals surface area contributed by atoms with Gasteiger partial charge in [0.1, 0.15) is 6.07 Å². The van der Waals surface area contributed by atoms with Crippen LogP contribution in [0.3, 0.4) is 0 Å². The Balaban J connectivity index is 2.09. The maximum atomic E-state index is 12.2. The Morgan fingerprint density at radius 2 is 2.20 bits per heavy atom. The number of nitrogens with one attached hydrogen (secondary N) is 2. The van der Waals surface area contributed by atoms with Crippen LogP contribution in [0.15, 0.2) is 40.9 Å². The first-order valence-corrected chi connectivity index (χ1v) is 7.81. The van der Waals surface area contributed by atoms with Gasteiger partial charge in [0.15, 0.2) is 4.21 Å². The van der Waals surface area contributed by atoms with Crippen LogP contribution in [0.4, 0.5) is 5.69 Å². The normalized spacial score (nSPS) is 11.3. The van der Waals surface area contributed by atoms with Gasteiger partial charge in [0, 0.05) is 17.8 Å². The Hall–Kier alpha value is -2.37. The molecule has 2 aromatic heterocycles. The lowest BCUT2D eigenvalue weighted by molar-refractivity contribution is 0.603. The molecular weight excluding hydrogens is 296 g/mol. The van der Waals surface area contributed by atoms with Gasteiger partial charge in [-0.1, -0.05) is 12.1 Å². The van der Waals surface area contributed by atoms with E-state index in [2.05, 4.69) is 20.1 Å². The van der Waals surface area contributed by atoms with Gasteiger partial charge < -0.3 is 4.98 Å². The molecule has 2 N–H and O–H groups in total. The summed E-state index contributed by atoms with van der Waals surface area (Å²) in [5.74, 6) is 0. The smallest absolute Gasteiger partial charge is 0.273 e. The van der Waals surface area contributed by atoms with Crippen LogP contribution < -0.4 is 4.72 Å². The van der Waals surface area contributed by atoms with Gasteiger partial charge in [0.2, 0.25) is 0 Å². The molecule has 1 aromatic carbocycles. The van der Waals surface area contributed by atoms with Crippen molar-refractivity contribution in [1.82, 2.24) is 9.36 Å². The molecule has 100 valence electrons. The van der Waals surface area contributed by atoms with Gasteiger partial charge in [-0.15, -0.1) is 0 Å². The summed E-state index contributed by atoms with van der Waals surface area (Å²) >= 11 is 0.901. The Morgan fingerprint density at radius 1 is 1.35 bits per heavy atom. The van der Waals surface area contributed by atoms with E-state index >= 15 is 0 Å². The lowest BCUT2D eigenvalue weighted by Crippen LogP contribution is -2.11. The number of aromatic nitrogens is 2. The van der Waals surface area contributed by atoms with E-state index in [1.807, 2.05) is 0 Å². The fourth-order valence-electron chi connectivity index (χ4n) is 1.87. The van der Waals surface area contributed by atoms with Crippen molar-refractivity contribution in [3.8, 4) is 6.07 Å². The summed E-state index contributed by atoms with van der Waals surface area (Å²) in [4.78, 5) is 2.91. The Kier molecular flexibility index (Phi) is 2.93. The predicted molar refractivity (Wildman–Crippen MR) is 75.9 cm³/mol. The summed E-state index contributed by atoms with van der Waals surface area (Å²) in [7, 11) is -3.66. The summed E-state index contributed by atoms with van der Waals surface area (Å²) in [6, 6.07) is 8.58. The summed E-state index contributed by atoms with van der Waals surface area (Å²) in [5, 5.41) is 9.66. The Labute approximate surface area is 118 Å². The van der Waals surface area contributed by atoms with Gasteiger partial charge >= 0.3 is 0 Å². The number of hydrogen-bond donors (Lipinski definition) is 2. The minimum atomic E-state index is -3.66. The SMILES string of the molecule is N#Cc1c[nH]c2c(NS(=O)(=O)c3ccns3)cccc12. The quantitative estimate of drug-likeness (QED) is 0.775. The lowest BCUT2D eigenvalue weighted by Gasteiger charge is -2.06. The van der Waals surface area contributed by atoms with Crippen molar-refractivity contribution in [1.29, 1.82) is 5.26 Å². The number of benzene rings is 1. The number of nitrogens with zero attached hydrogens (tertiary/aromatic N) is 2. The average Bonchev–Trinajstić information content (AvgIpc) is 3.08. The van der Waals surface area contributed by atoms with E-state index in [4.69, 9.17) is 5.26 Å². The van der Waals surface area contributed by atoms with E-state index in [1.165, 1.54) is 12.3 Å². The van der Waals surface area contributed by atoms with Crippen LogP contribution in [0.1, 0.15) is 5.56 Å². The topological polar surface area (TPSA) is 98.6 Å². The van der Waals surface area contributed by atoms with Gasteiger partial charge in [-0.2, -0.15) is 9.64 Å². The van der Waals surface area contributed by atoms with Crippen molar-refractivity contribution in [2.24, 2.45) is 0 Å². The van der Waals surface area contributed by atoms with Crippen molar-refractivity contribution >= 4 is 38.1 Å². The van der Waals surface area contributed by atoms with Crippen LogP contribution in [0.2, 0.25) is 0 Å². The molecule has 3 aromatic rings. The van der Waals surface area contributed by atoms with Crippen LogP contribution in [0.25, 0.3) is 10.9 Å². The molecule has 0 aliphatic heterocycles. The van der Waals surface area contributed by atoms with E-state index in [-0.39, 0.29) is 4.21 Å². The molecule has 0 atom stereocenters. The number of sulfonamides is 1. The molecule has 8 heteroatoms. The van der Waals surface area contributed by atoms with Crippen molar-refractivity contribution in [3.05, 3.63) is 42.2 Å². The first kappa shape index (κ1) is 12.7. The zero-order valence-corrected chi connectivity index (χ0v) is 11.6. The highest BCUT2D eigenvalue weighted by Crippen LogP contribution is 2.27. The molecule has 0 aliphatic rings. The fourth-order valence-corrected chi connectivity index (χ4v) is 3.66. The molecule has 0 radical (unpaired) electrons. The van der Waals surface area contributed by atoms with Crippen LogP contribution in [-0.2, 0) is 10.0 Å². The highest BCUT2D eigenvalue weighted by molar-refractivity contribution is 7.94. The number of anilines is 1. The minimum absolute atomic E-state index is 0.140. The number of hydrogen-bond acceptors (Lipinski definition) is 5. The maximum Gasteiger partial charge on any atom is 0.273 e. The van der Waals surface area contributed by atoms with Crippen molar-refractivity contribution < 1.29 is 8.42 Å². The van der Waals surface area contributed by atoms with Crippen molar-refractivity contribution in [2.75, 3.05) is 4.72 Å². The molecule has 0 fully saturated rings. The van der Waals surface area contributed by atoms with Gasteiger partial charge in [0.05, 0.1) is 16.8 Å². The number of nitriles is 1. The molecule has 2 heterocycles. The standard InChI is InChI=1S/C12H8N4O2S2/c13-6-8-7-14-12-9(8)2-1-3-10(12)16-20(17,18)11-4-5-15-19-11/h1-5,7,14,16H. The molecule has 0 saturated carbocycles. The maximum absolute atomic E-state index is 12.2. The first-order valence-electron chi connectivity index (χ1n) is 5.55. The third kappa shape index (κ3) is 2.03. The predicted octanol–water partition coefficient (Wildman–Crippen LogP) is 2.30. The number of para-hydroxylation sites is 1. The van der Waals surface area contributed by atoms with E-state index < -0.39 is 10.0 Å². The molecule has 0 amide bonds. The second-order valence-corrected chi connectivity index (χ2v) is 6.72. The molecule has 0 unspecified atom stereocenters. The first-order chi connectivity index (χ1) is 9.62. The van der Waals surface area contributed by atoms with E-state index in [1.54, 1.807) is 24.4 Å². The van der Waals surface area contributed by atoms with Gasteiger partial charge in [-0.05, 0) is 23.7 Å². The molecule has 20 heavy (non-hydrogen) atoms. The third-order valence-corrected chi connectivity index (χ3v) is 5.34. The van der Waals surface area contributed by atoms with Crippen molar-refractivity contribution in [2.45, 2.75) is 4.21 Å². The Bertz CT molecular complexity index is 905. The molecule has 3 rings (SSSR count). The summed E-state index contributed by atoms with van der Waals surface area (Å²) in [6.45, 7) is 0. The number of H-pyrrole nitrogens is 1. The molecular formula is C12H8N4O2S2. The van der Waals surface area contributed by atoms with Crippen LogP contribution >= 0.6 is 11.5 Å². The highest BCUT2D eigenvalue weighted by Gasteiger charge is 2.18. The third-order valence-electron chi connectivity index (χ3n) is 2.76. The summed E-state index contributed by atoms with van der Waals surface area (Å²) in [5.41, 5.74) is 1.45. The van der Waals surface area contributed by atoms with E-state index in [0.29, 0.717) is 22.2 Å². The van der Waals surface area contributed by atoms with E-state index in [0.717, 1.165) is 11.5 Å². The number of rotatable bonds is 3. The zero-order chi connectivity index (χ0) is 14.2. The van der Waals surface area contributed by atoms with E-state index in [9.17, 15) is 8.42 Å². The molecule has 0 saturated heterocycles. The average molecular weight is 304 g/mol.